The van der Waals surface area contributed by atoms with Gasteiger partial charge in [-0.05, 0) is 11.5 Å². The van der Waals surface area contributed by atoms with E-state index in [1.807, 2.05) is 29.2 Å². The summed E-state index contributed by atoms with van der Waals surface area (Å²) >= 11 is 0. The van der Waals surface area contributed by atoms with Crippen LogP contribution in [0.3, 0.4) is 0 Å². The first-order chi connectivity index (χ1) is 9.97. The number of amides is 1. The molecule has 21 heavy (non-hydrogen) atoms. The van der Waals surface area contributed by atoms with Crippen LogP contribution in [0.15, 0.2) is 24.3 Å². The summed E-state index contributed by atoms with van der Waals surface area (Å²) in [6, 6.07) is 7.91. The largest absolute Gasteiger partial charge is 0.340 e. The molecule has 2 rings (SSSR count). The second-order valence-electron chi connectivity index (χ2n) is 5.98. The zero-order chi connectivity index (χ0) is 15.4. The van der Waals surface area contributed by atoms with Gasteiger partial charge < -0.3 is 4.90 Å². The maximum atomic E-state index is 12.3. The molecule has 0 atom stereocenters. The van der Waals surface area contributed by atoms with Gasteiger partial charge in [0.25, 0.3) is 0 Å². The molecule has 0 radical (unpaired) electrons. The molecule has 1 saturated heterocycles. The molecule has 0 saturated carbocycles. The van der Waals surface area contributed by atoms with Crippen molar-refractivity contribution in [2.45, 2.75) is 26.7 Å². The number of hydrogen-bond acceptors (Lipinski definition) is 3. The van der Waals surface area contributed by atoms with Crippen LogP contribution in [0.1, 0.15) is 42.6 Å². The Hall–Kier alpha value is -1.68. The van der Waals surface area contributed by atoms with Crippen LogP contribution < -0.4 is 0 Å². The van der Waals surface area contributed by atoms with Crippen LogP contribution in [0, 0.1) is 0 Å². The third-order valence-corrected chi connectivity index (χ3v) is 4.08. The fraction of sp³-hybridized carbons (Fsp3) is 0.529. The van der Waals surface area contributed by atoms with Gasteiger partial charge in [0.05, 0.1) is 6.54 Å². The predicted octanol–water partition coefficient (Wildman–Crippen LogP) is 2.16. The summed E-state index contributed by atoms with van der Waals surface area (Å²) in [6.07, 6.45) is 0. The molecule has 1 aromatic rings. The Kier molecular flexibility index (Phi) is 5.12. The lowest BCUT2D eigenvalue weighted by molar-refractivity contribution is -0.130. The summed E-state index contributed by atoms with van der Waals surface area (Å²) in [4.78, 5) is 27.5. The second kappa shape index (κ2) is 6.85. The fourth-order valence-electron chi connectivity index (χ4n) is 2.57. The second-order valence-corrected chi connectivity index (χ2v) is 5.98. The number of nitrogens with zero attached hydrogens (tertiary/aromatic N) is 2. The monoisotopic (exact) mass is 288 g/mol. The molecular weight excluding hydrogens is 264 g/mol. The predicted molar refractivity (Wildman–Crippen MR) is 83.6 cm³/mol. The molecule has 1 aliphatic heterocycles. The number of hydrogen-bond donors (Lipinski definition) is 0. The summed E-state index contributed by atoms with van der Waals surface area (Å²) in [6.45, 7) is 9.30. The highest BCUT2D eigenvalue weighted by atomic mass is 16.2. The van der Waals surface area contributed by atoms with Crippen molar-refractivity contribution in [2.75, 3.05) is 32.7 Å². The van der Waals surface area contributed by atoms with E-state index < -0.39 is 0 Å². The number of benzene rings is 1. The van der Waals surface area contributed by atoms with Gasteiger partial charge in [0.15, 0.2) is 5.78 Å². The van der Waals surface area contributed by atoms with E-state index in [9.17, 15) is 9.59 Å². The average molecular weight is 288 g/mol. The number of Topliss-reactive ketones (excluding diaryl/α,β-unsaturated/α-hetero) is 1. The summed E-state index contributed by atoms with van der Waals surface area (Å²) in [5, 5.41) is 0. The molecule has 1 heterocycles. The Labute approximate surface area is 126 Å². The lowest BCUT2D eigenvalue weighted by atomic mass is 10.0. The van der Waals surface area contributed by atoms with Crippen molar-refractivity contribution in [2.24, 2.45) is 0 Å². The molecule has 0 aliphatic carbocycles. The molecular formula is C17H24N2O2. The average Bonchev–Trinajstić information content (AvgIpc) is 2.47. The molecule has 1 aliphatic rings. The van der Waals surface area contributed by atoms with E-state index in [0.717, 1.165) is 31.7 Å². The van der Waals surface area contributed by atoms with Crippen LogP contribution in [-0.2, 0) is 4.79 Å². The molecule has 0 aromatic heterocycles. The van der Waals surface area contributed by atoms with Gasteiger partial charge >= 0.3 is 0 Å². The van der Waals surface area contributed by atoms with Crippen molar-refractivity contribution in [1.82, 2.24) is 9.80 Å². The molecule has 1 fully saturated rings. The third kappa shape index (κ3) is 4.14. The molecule has 1 amide bonds. The van der Waals surface area contributed by atoms with E-state index in [0.29, 0.717) is 12.5 Å². The SMILES string of the molecule is CC(=O)N1CCN(CC(=O)c2ccc(C(C)C)cc2)CC1. The minimum Gasteiger partial charge on any atom is -0.340 e. The Bertz CT molecular complexity index is 500. The van der Waals surface area contributed by atoms with Crippen molar-refractivity contribution in [3.8, 4) is 0 Å². The smallest absolute Gasteiger partial charge is 0.219 e. The summed E-state index contributed by atoms with van der Waals surface area (Å²) < 4.78 is 0. The van der Waals surface area contributed by atoms with Crippen molar-refractivity contribution in [3.63, 3.8) is 0 Å². The maximum absolute atomic E-state index is 12.3. The maximum Gasteiger partial charge on any atom is 0.219 e. The third-order valence-electron chi connectivity index (χ3n) is 4.08. The molecule has 0 spiro atoms. The molecule has 0 N–H and O–H groups in total. The molecule has 114 valence electrons. The van der Waals surface area contributed by atoms with E-state index in [1.165, 1.54) is 5.56 Å². The van der Waals surface area contributed by atoms with Crippen LogP contribution in [-0.4, -0.2) is 54.2 Å². The minimum absolute atomic E-state index is 0.116. The minimum atomic E-state index is 0.116. The van der Waals surface area contributed by atoms with Gasteiger partial charge in [-0.25, -0.2) is 0 Å². The molecule has 4 heteroatoms. The topological polar surface area (TPSA) is 40.6 Å². The van der Waals surface area contributed by atoms with Crippen molar-refractivity contribution in [3.05, 3.63) is 35.4 Å². The van der Waals surface area contributed by atoms with Crippen molar-refractivity contribution >= 4 is 11.7 Å². The van der Waals surface area contributed by atoms with Gasteiger partial charge in [-0.3, -0.25) is 14.5 Å². The van der Waals surface area contributed by atoms with Crippen LogP contribution in [0.2, 0.25) is 0 Å². The summed E-state index contributed by atoms with van der Waals surface area (Å²) in [7, 11) is 0. The number of ketones is 1. The van der Waals surface area contributed by atoms with Crippen molar-refractivity contribution < 1.29 is 9.59 Å². The number of carbonyl (C=O) groups excluding carboxylic acids is 2. The van der Waals surface area contributed by atoms with Crippen LogP contribution >= 0.6 is 0 Å². The highest BCUT2D eigenvalue weighted by molar-refractivity contribution is 5.97. The lowest BCUT2D eigenvalue weighted by Gasteiger charge is -2.33. The Morgan fingerprint density at radius 2 is 1.62 bits per heavy atom. The Balaban J connectivity index is 1.89. The number of piperazine rings is 1. The Morgan fingerprint density at radius 1 is 1.05 bits per heavy atom. The molecule has 0 bridgehead atoms. The first-order valence-electron chi connectivity index (χ1n) is 7.58. The zero-order valence-electron chi connectivity index (χ0n) is 13.1. The summed E-state index contributed by atoms with van der Waals surface area (Å²) in [5.41, 5.74) is 2.02. The van der Waals surface area contributed by atoms with E-state index in [2.05, 4.69) is 18.7 Å². The molecule has 0 unspecified atom stereocenters. The van der Waals surface area contributed by atoms with Gasteiger partial charge in [0.2, 0.25) is 5.91 Å². The first kappa shape index (κ1) is 15.7. The van der Waals surface area contributed by atoms with Gasteiger partial charge in [0, 0.05) is 38.7 Å². The number of carbonyl (C=O) groups is 2. The van der Waals surface area contributed by atoms with Crippen LogP contribution in [0.5, 0.6) is 0 Å². The fourth-order valence-corrected chi connectivity index (χ4v) is 2.57. The van der Waals surface area contributed by atoms with E-state index in [1.54, 1.807) is 6.92 Å². The highest BCUT2D eigenvalue weighted by Gasteiger charge is 2.20. The van der Waals surface area contributed by atoms with Gasteiger partial charge in [0.1, 0.15) is 0 Å². The van der Waals surface area contributed by atoms with Gasteiger partial charge in [-0.15, -0.1) is 0 Å². The normalized spacial score (nSPS) is 16.3. The standard InChI is InChI=1S/C17H24N2O2/c1-13(2)15-4-6-16(7-5-15)17(21)12-18-8-10-19(11-9-18)14(3)20/h4-7,13H,8-12H2,1-3H3. The van der Waals surface area contributed by atoms with E-state index in [-0.39, 0.29) is 11.7 Å². The Morgan fingerprint density at radius 3 is 2.10 bits per heavy atom. The van der Waals surface area contributed by atoms with Gasteiger partial charge in [-0.2, -0.15) is 0 Å². The molecule has 1 aromatic carbocycles. The van der Waals surface area contributed by atoms with Crippen molar-refractivity contribution in [1.29, 1.82) is 0 Å². The number of rotatable bonds is 4. The lowest BCUT2D eigenvalue weighted by Crippen LogP contribution is -2.49. The highest BCUT2D eigenvalue weighted by Crippen LogP contribution is 2.15. The van der Waals surface area contributed by atoms with E-state index in [4.69, 9.17) is 0 Å². The van der Waals surface area contributed by atoms with E-state index >= 15 is 0 Å². The first-order valence-corrected chi connectivity index (χ1v) is 7.58. The molecule has 4 nitrogen and oxygen atoms in total. The zero-order valence-corrected chi connectivity index (χ0v) is 13.1. The van der Waals surface area contributed by atoms with Crippen LogP contribution in [0.4, 0.5) is 0 Å². The quantitative estimate of drug-likeness (QED) is 0.797. The van der Waals surface area contributed by atoms with Crippen LogP contribution in [0.25, 0.3) is 0 Å². The van der Waals surface area contributed by atoms with Gasteiger partial charge in [-0.1, -0.05) is 38.1 Å². The summed E-state index contributed by atoms with van der Waals surface area (Å²) in [5.74, 6) is 0.751.